The van der Waals surface area contributed by atoms with E-state index in [-0.39, 0.29) is 0 Å². The molecule has 0 N–H and O–H groups in total. The van der Waals surface area contributed by atoms with Gasteiger partial charge in [0, 0.05) is 31.8 Å². The van der Waals surface area contributed by atoms with Crippen LogP contribution in [0.1, 0.15) is 16.7 Å². The third-order valence-electron chi connectivity index (χ3n) is 5.26. The first-order chi connectivity index (χ1) is 16.1. The molecule has 5 heteroatoms. The molecule has 0 saturated carbocycles. The number of nitrogens with zero attached hydrogens (tertiary/aromatic N) is 2. The molecule has 0 atom stereocenters. The predicted octanol–water partition coefficient (Wildman–Crippen LogP) is 8.99. The summed E-state index contributed by atoms with van der Waals surface area (Å²) >= 11 is 18.6. The van der Waals surface area contributed by atoms with Gasteiger partial charge < -0.3 is 0 Å². The van der Waals surface area contributed by atoms with E-state index in [1.165, 1.54) is 0 Å². The van der Waals surface area contributed by atoms with E-state index >= 15 is 0 Å². The number of fused-ring (bicyclic) bond motifs is 1. The molecule has 0 radical (unpaired) electrons. The second-order valence-corrected chi connectivity index (χ2v) is 8.85. The van der Waals surface area contributed by atoms with Gasteiger partial charge >= 0.3 is 0 Å². The Morgan fingerprint density at radius 2 is 1.06 bits per heavy atom. The zero-order valence-corrected chi connectivity index (χ0v) is 19.6. The number of aliphatic imine (C=N–C) groups is 2. The molecular formula is C28H17Cl3N2. The van der Waals surface area contributed by atoms with Crippen molar-refractivity contribution in [1.82, 2.24) is 0 Å². The van der Waals surface area contributed by atoms with Gasteiger partial charge in [-0.25, -0.2) is 9.98 Å². The van der Waals surface area contributed by atoms with Crippen molar-refractivity contribution in [3.63, 3.8) is 0 Å². The van der Waals surface area contributed by atoms with E-state index in [0.717, 1.165) is 39.4 Å². The Bertz CT molecular complexity index is 1400. The SMILES string of the molecule is Clc1ccc(/C=C2\C(c3ccc(Cl)cc3)=Nc3ccc(Cl)cc3N=C2c2ccccc2)cc1. The van der Waals surface area contributed by atoms with E-state index in [2.05, 4.69) is 6.08 Å². The third kappa shape index (κ3) is 4.79. The summed E-state index contributed by atoms with van der Waals surface area (Å²) in [6.07, 6.45) is 2.09. The molecule has 2 nitrogen and oxygen atoms in total. The molecule has 0 fully saturated rings. The molecular weight excluding hydrogens is 471 g/mol. The minimum absolute atomic E-state index is 0.610. The number of halogens is 3. The van der Waals surface area contributed by atoms with Crippen LogP contribution in [0.2, 0.25) is 15.1 Å². The van der Waals surface area contributed by atoms with Crippen molar-refractivity contribution in [3.8, 4) is 0 Å². The lowest BCUT2D eigenvalue weighted by Gasteiger charge is -2.14. The molecule has 4 aromatic rings. The van der Waals surface area contributed by atoms with Crippen molar-refractivity contribution in [3.05, 3.63) is 134 Å². The van der Waals surface area contributed by atoms with Crippen molar-refractivity contribution < 1.29 is 0 Å². The lowest BCUT2D eigenvalue weighted by molar-refractivity contribution is 1.45. The lowest BCUT2D eigenvalue weighted by Crippen LogP contribution is -2.15. The van der Waals surface area contributed by atoms with E-state index in [0.29, 0.717) is 20.8 Å². The summed E-state index contributed by atoms with van der Waals surface area (Å²) in [7, 11) is 0. The summed E-state index contributed by atoms with van der Waals surface area (Å²) in [5, 5.41) is 1.96. The van der Waals surface area contributed by atoms with Gasteiger partial charge in [-0.2, -0.15) is 0 Å². The Labute approximate surface area is 207 Å². The highest BCUT2D eigenvalue weighted by atomic mass is 35.5. The Kier molecular flexibility index (Phi) is 6.15. The minimum atomic E-state index is 0.610. The van der Waals surface area contributed by atoms with Crippen LogP contribution in [-0.2, 0) is 0 Å². The van der Waals surface area contributed by atoms with Crippen LogP contribution in [0.15, 0.2) is 113 Å². The van der Waals surface area contributed by atoms with Gasteiger partial charge in [0.1, 0.15) is 0 Å². The predicted molar refractivity (Wildman–Crippen MR) is 141 cm³/mol. The summed E-state index contributed by atoms with van der Waals surface area (Å²) in [6.45, 7) is 0. The largest absolute Gasteiger partial charge is 0.245 e. The van der Waals surface area contributed by atoms with Crippen molar-refractivity contribution in [2.24, 2.45) is 9.98 Å². The second kappa shape index (κ2) is 9.36. The molecule has 33 heavy (non-hydrogen) atoms. The fourth-order valence-electron chi connectivity index (χ4n) is 3.66. The maximum Gasteiger partial charge on any atom is 0.0909 e. The first kappa shape index (κ1) is 21.7. The first-order valence-electron chi connectivity index (χ1n) is 10.3. The van der Waals surface area contributed by atoms with Gasteiger partial charge in [-0.15, -0.1) is 0 Å². The molecule has 0 amide bonds. The van der Waals surface area contributed by atoms with Crippen LogP contribution in [0, 0.1) is 0 Å². The topological polar surface area (TPSA) is 24.7 Å². The van der Waals surface area contributed by atoms with E-state index in [1.54, 1.807) is 0 Å². The maximum atomic E-state index is 6.32. The smallest absolute Gasteiger partial charge is 0.0909 e. The Balaban J connectivity index is 1.82. The lowest BCUT2D eigenvalue weighted by atomic mass is 9.92. The fraction of sp³-hybridized carbons (Fsp3) is 0. The van der Waals surface area contributed by atoms with Gasteiger partial charge in [0.25, 0.3) is 0 Å². The molecule has 1 aliphatic rings. The van der Waals surface area contributed by atoms with Crippen LogP contribution in [0.4, 0.5) is 11.4 Å². The quantitative estimate of drug-likeness (QED) is 0.275. The van der Waals surface area contributed by atoms with E-state index < -0.39 is 0 Å². The number of benzene rings is 4. The standard InChI is InChI=1S/C28H17Cl3N2/c29-21-10-6-18(7-11-21)16-24-27(19-4-2-1-3-5-19)33-26-17-23(31)14-15-25(26)32-28(24)20-8-12-22(30)13-9-20/h1-17H/b24-16-. The van der Waals surface area contributed by atoms with Crippen LogP contribution in [-0.4, -0.2) is 11.4 Å². The Morgan fingerprint density at radius 1 is 0.515 bits per heavy atom. The van der Waals surface area contributed by atoms with Gasteiger partial charge in [0.05, 0.1) is 22.8 Å². The molecule has 0 aromatic heterocycles. The van der Waals surface area contributed by atoms with E-state index in [9.17, 15) is 0 Å². The third-order valence-corrected chi connectivity index (χ3v) is 6.00. The Hall–Kier alpha value is -3.17. The van der Waals surface area contributed by atoms with Crippen LogP contribution < -0.4 is 0 Å². The van der Waals surface area contributed by atoms with Crippen LogP contribution in [0.5, 0.6) is 0 Å². The molecule has 0 saturated heterocycles. The van der Waals surface area contributed by atoms with Crippen molar-refractivity contribution >= 4 is 63.7 Å². The minimum Gasteiger partial charge on any atom is -0.245 e. The fourth-order valence-corrected chi connectivity index (χ4v) is 4.08. The van der Waals surface area contributed by atoms with Gasteiger partial charge in [-0.05, 0) is 54.1 Å². The molecule has 0 spiro atoms. The van der Waals surface area contributed by atoms with Crippen LogP contribution in [0.3, 0.4) is 0 Å². The van der Waals surface area contributed by atoms with E-state index in [4.69, 9.17) is 44.8 Å². The molecule has 0 aliphatic carbocycles. The summed E-state index contributed by atoms with van der Waals surface area (Å²) < 4.78 is 0. The second-order valence-electron chi connectivity index (χ2n) is 7.54. The van der Waals surface area contributed by atoms with Gasteiger partial charge in [-0.3, -0.25) is 0 Å². The molecule has 4 aromatic carbocycles. The summed E-state index contributed by atoms with van der Waals surface area (Å²) in [4.78, 5) is 10.1. The summed E-state index contributed by atoms with van der Waals surface area (Å²) in [5.74, 6) is 0. The number of hydrogen-bond acceptors (Lipinski definition) is 2. The molecule has 0 bridgehead atoms. The molecule has 160 valence electrons. The average molecular weight is 488 g/mol. The molecule has 1 heterocycles. The Morgan fingerprint density at radius 3 is 1.73 bits per heavy atom. The van der Waals surface area contributed by atoms with Gasteiger partial charge in [0.15, 0.2) is 0 Å². The highest BCUT2D eigenvalue weighted by Gasteiger charge is 2.22. The number of rotatable bonds is 3. The molecule has 5 rings (SSSR count). The zero-order valence-electron chi connectivity index (χ0n) is 17.3. The zero-order chi connectivity index (χ0) is 22.8. The van der Waals surface area contributed by atoms with E-state index in [1.807, 2.05) is 97.1 Å². The first-order valence-corrected chi connectivity index (χ1v) is 11.5. The van der Waals surface area contributed by atoms with Crippen molar-refractivity contribution in [2.45, 2.75) is 0 Å². The van der Waals surface area contributed by atoms with Crippen LogP contribution >= 0.6 is 34.8 Å². The normalized spacial score (nSPS) is 14.3. The molecule has 1 aliphatic heterocycles. The summed E-state index contributed by atoms with van der Waals surface area (Å²) in [5.41, 5.74) is 6.86. The van der Waals surface area contributed by atoms with Crippen molar-refractivity contribution in [1.29, 1.82) is 0 Å². The number of hydrogen-bond donors (Lipinski definition) is 0. The van der Waals surface area contributed by atoms with Gasteiger partial charge in [0.2, 0.25) is 0 Å². The average Bonchev–Trinajstić information content (AvgIpc) is 2.98. The number of allylic oxidation sites excluding steroid dienone is 1. The van der Waals surface area contributed by atoms with Gasteiger partial charge in [-0.1, -0.05) is 89.4 Å². The van der Waals surface area contributed by atoms with Crippen molar-refractivity contribution in [2.75, 3.05) is 0 Å². The molecule has 0 unspecified atom stereocenters. The highest BCUT2D eigenvalue weighted by molar-refractivity contribution is 6.39. The monoisotopic (exact) mass is 486 g/mol. The highest BCUT2D eigenvalue weighted by Crippen LogP contribution is 2.37. The van der Waals surface area contributed by atoms with Crippen LogP contribution in [0.25, 0.3) is 6.08 Å². The summed E-state index contributed by atoms with van der Waals surface area (Å²) in [6, 6.07) is 31.0. The maximum absolute atomic E-state index is 6.32.